The van der Waals surface area contributed by atoms with E-state index in [0.717, 1.165) is 17.3 Å². The van der Waals surface area contributed by atoms with E-state index in [1.807, 2.05) is 0 Å². The third-order valence-electron chi connectivity index (χ3n) is 2.44. The molecule has 0 saturated carbocycles. The van der Waals surface area contributed by atoms with Crippen LogP contribution in [0.5, 0.6) is 0 Å². The molecule has 1 aromatic rings. The Morgan fingerprint density at radius 2 is 2.23 bits per heavy atom. The van der Waals surface area contributed by atoms with Gasteiger partial charge in [0, 0.05) is 11.0 Å². The Bertz CT molecular complexity index is 355. The average molecular weight is 238 g/mol. The molecule has 0 unspecified atom stereocenters. The van der Waals surface area contributed by atoms with E-state index >= 15 is 0 Å². The summed E-state index contributed by atoms with van der Waals surface area (Å²) in [5, 5.41) is 0. The molecule has 0 atom stereocenters. The van der Waals surface area contributed by atoms with Crippen LogP contribution in [0.4, 0.5) is 0 Å². The zero-order valence-electron chi connectivity index (χ0n) is 7.39. The highest BCUT2D eigenvalue weighted by Gasteiger charge is 2.10. The summed E-state index contributed by atoms with van der Waals surface area (Å²) in [6.07, 6.45) is 4.52. The molecule has 2 heteroatoms. The molecule has 1 aromatic carbocycles. The molecule has 0 amide bonds. The lowest BCUT2D eigenvalue weighted by Gasteiger charge is -2.16. The number of hydrogen-bond donors (Lipinski definition) is 1. The van der Waals surface area contributed by atoms with Gasteiger partial charge in [0.25, 0.3) is 0 Å². The molecular formula is C11H12BrN. The van der Waals surface area contributed by atoms with E-state index in [-0.39, 0.29) is 0 Å². The number of benzene rings is 1. The molecule has 68 valence electrons. The second kappa shape index (κ2) is 3.64. The van der Waals surface area contributed by atoms with E-state index in [9.17, 15) is 0 Å². The number of hydrogen-bond acceptors (Lipinski definition) is 1. The lowest BCUT2D eigenvalue weighted by molar-refractivity contribution is 0.966. The van der Waals surface area contributed by atoms with Crippen LogP contribution >= 0.6 is 15.9 Å². The SMILES string of the molecule is NCC1=CCCc2ccc(Br)cc21. The summed E-state index contributed by atoms with van der Waals surface area (Å²) in [6.45, 7) is 0.642. The maximum atomic E-state index is 5.68. The molecule has 0 fully saturated rings. The topological polar surface area (TPSA) is 26.0 Å². The van der Waals surface area contributed by atoms with Gasteiger partial charge in [0.1, 0.15) is 0 Å². The average Bonchev–Trinajstić information content (AvgIpc) is 2.17. The molecular weight excluding hydrogens is 226 g/mol. The number of aryl methyl sites for hydroxylation is 1. The van der Waals surface area contributed by atoms with Gasteiger partial charge in [-0.2, -0.15) is 0 Å². The maximum absolute atomic E-state index is 5.68. The minimum Gasteiger partial charge on any atom is -0.326 e. The van der Waals surface area contributed by atoms with Crippen molar-refractivity contribution in [3.63, 3.8) is 0 Å². The molecule has 0 heterocycles. The van der Waals surface area contributed by atoms with Gasteiger partial charge in [-0.1, -0.05) is 28.1 Å². The molecule has 0 spiro atoms. The predicted octanol–water partition coefficient (Wildman–Crippen LogP) is 2.74. The summed E-state index contributed by atoms with van der Waals surface area (Å²) >= 11 is 3.48. The van der Waals surface area contributed by atoms with Crippen molar-refractivity contribution in [2.45, 2.75) is 12.8 Å². The van der Waals surface area contributed by atoms with E-state index in [1.165, 1.54) is 16.7 Å². The molecule has 13 heavy (non-hydrogen) atoms. The van der Waals surface area contributed by atoms with Crippen LogP contribution in [0.2, 0.25) is 0 Å². The van der Waals surface area contributed by atoms with Crippen LogP contribution in [0.15, 0.2) is 28.7 Å². The van der Waals surface area contributed by atoms with Gasteiger partial charge >= 0.3 is 0 Å². The lowest BCUT2D eigenvalue weighted by Crippen LogP contribution is -2.08. The van der Waals surface area contributed by atoms with Gasteiger partial charge in [0.05, 0.1) is 0 Å². The molecule has 1 aliphatic rings. The highest BCUT2D eigenvalue weighted by molar-refractivity contribution is 9.10. The van der Waals surface area contributed by atoms with Crippen molar-refractivity contribution >= 4 is 21.5 Å². The van der Waals surface area contributed by atoms with Crippen molar-refractivity contribution < 1.29 is 0 Å². The third kappa shape index (κ3) is 1.69. The fraction of sp³-hybridized carbons (Fsp3) is 0.273. The Morgan fingerprint density at radius 1 is 1.38 bits per heavy atom. The largest absolute Gasteiger partial charge is 0.326 e. The summed E-state index contributed by atoms with van der Waals surface area (Å²) in [4.78, 5) is 0. The van der Waals surface area contributed by atoms with Gasteiger partial charge in [0.15, 0.2) is 0 Å². The monoisotopic (exact) mass is 237 g/mol. The van der Waals surface area contributed by atoms with Crippen LogP contribution in [0.3, 0.4) is 0 Å². The molecule has 1 aliphatic carbocycles. The first-order valence-corrected chi connectivity index (χ1v) is 5.28. The number of allylic oxidation sites excluding steroid dienone is 1. The van der Waals surface area contributed by atoms with Gasteiger partial charge in [0.2, 0.25) is 0 Å². The molecule has 0 bridgehead atoms. The zero-order valence-corrected chi connectivity index (χ0v) is 8.97. The van der Waals surface area contributed by atoms with E-state index < -0.39 is 0 Å². The van der Waals surface area contributed by atoms with Crippen molar-refractivity contribution in [3.8, 4) is 0 Å². The standard InChI is InChI=1S/C11H12BrN/c12-10-5-4-8-2-1-3-9(7-13)11(8)6-10/h3-6H,1-2,7,13H2. The predicted molar refractivity (Wildman–Crippen MR) is 59.5 cm³/mol. The highest BCUT2D eigenvalue weighted by Crippen LogP contribution is 2.28. The van der Waals surface area contributed by atoms with Gasteiger partial charge in [-0.25, -0.2) is 0 Å². The first-order valence-electron chi connectivity index (χ1n) is 4.49. The Balaban J connectivity index is 2.51. The zero-order chi connectivity index (χ0) is 9.26. The Morgan fingerprint density at radius 3 is 3.00 bits per heavy atom. The number of fused-ring (bicyclic) bond motifs is 1. The Hall–Kier alpha value is -0.600. The van der Waals surface area contributed by atoms with Crippen LogP contribution in [0.25, 0.3) is 5.57 Å². The molecule has 0 saturated heterocycles. The quantitative estimate of drug-likeness (QED) is 0.799. The molecule has 0 aromatic heterocycles. The van der Waals surface area contributed by atoms with Crippen molar-refractivity contribution in [1.82, 2.24) is 0 Å². The minimum atomic E-state index is 0.642. The van der Waals surface area contributed by atoms with Gasteiger partial charge in [-0.3, -0.25) is 0 Å². The Labute approximate surface area is 86.8 Å². The lowest BCUT2D eigenvalue weighted by atomic mass is 9.91. The smallest absolute Gasteiger partial charge is 0.0181 e. The van der Waals surface area contributed by atoms with Crippen LogP contribution in [-0.2, 0) is 6.42 Å². The normalized spacial score (nSPS) is 15.1. The van der Waals surface area contributed by atoms with Crippen molar-refractivity contribution in [1.29, 1.82) is 0 Å². The summed E-state index contributed by atoms with van der Waals surface area (Å²) < 4.78 is 1.13. The first-order chi connectivity index (χ1) is 6.31. The maximum Gasteiger partial charge on any atom is 0.0181 e. The van der Waals surface area contributed by atoms with Crippen molar-refractivity contribution in [3.05, 3.63) is 39.9 Å². The molecule has 2 rings (SSSR count). The number of halogens is 1. The minimum absolute atomic E-state index is 0.642. The van der Waals surface area contributed by atoms with E-state index in [1.54, 1.807) is 0 Å². The fourth-order valence-corrected chi connectivity index (χ4v) is 2.13. The number of nitrogens with two attached hydrogens (primary N) is 1. The summed E-state index contributed by atoms with van der Waals surface area (Å²) in [5.41, 5.74) is 9.71. The van der Waals surface area contributed by atoms with Crippen LogP contribution in [-0.4, -0.2) is 6.54 Å². The molecule has 1 nitrogen and oxygen atoms in total. The number of rotatable bonds is 1. The van der Waals surface area contributed by atoms with Crippen LogP contribution in [0, 0.1) is 0 Å². The van der Waals surface area contributed by atoms with Crippen molar-refractivity contribution in [2.24, 2.45) is 5.73 Å². The first kappa shape index (κ1) is 8.97. The second-order valence-corrected chi connectivity index (χ2v) is 4.19. The fourth-order valence-electron chi connectivity index (χ4n) is 1.77. The molecule has 0 radical (unpaired) electrons. The van der Waals surface area contributed by atoms with E-state index in [2.05, 4.69) is 40.2 Å². The highest BCUT2D eigenvalue weighted by atomic mass is 79.9. The summed E-state index contributed by atoms with van der Waals surface area (Å²) in [7, 11) is 0. The molecule has 2 N–H and O–H groups in total. The summed E-state index contributed by atoms with van der Waals surface area (Å²) in [5.74, 6) is 0. The van der Waals surface area contributed by atoms with Crippen LogP contribution < -0.4 is 5.73 Å². The van der Waals surface area contributed by atoms with E-state index in [0.29, 0.717) is 6.54 Å². The van der Waals surface area contributed by atoms with E-state index in [4.69, 9.17) is 5.73 Å². The van der Waals surface area contributed by atoms with Crippen molar-refractivity contribution in [2.75, 3.05) is 6.54 Å². The van der Waals surface area contributed by atoms with Crippen LogP contribution in [0.1, 0.15) is 17.5 Å². The summed E-state index contributed by atoms with van der Waals surface area (Å²) in [6, 6.07) is 6.44. The van der Waals surface area contributed by atoms with Gasteiger partial charge < -0.3 is 5.73 Å². The third-order valence-corrected chi connectivity index (χ3v) is 2.94. The van der Waals surface area contributed by atoms with Gasteiger partial charge in [-0.15, -0.1) is 0 Å². The second-order valence-electron chi connectivity index (χ2n) is 3.27. The molecule has 0 aliphatic heterocycles. The van der Waals surface area contributed by atoms with Gasteiger partial charge in [-0.05, 0) is 41.7 Å². The Kier molecular flexibility index (Phi) is 2.51.